The highest BCUT2D eigenvalue weighted by Crippen LogP contribution is 2.18. The second kappa shape index (κ2) is 3.12. The summed E-state index contributed by atoms with van der Waals surface area (Å²) in [5.41, 5.74) is 4.54. The van der Waals surface area contributed by atoms with Crippen LogP contribution in [0.25, 0.3) is 10.8 Å². The lowest BCUT2D eigenvalue weighted by molar-refractivity contribution is 0.403. The van der Waals surface area contributed by atoms with Crippen molar-refractivity contribution in [3.8, 4) is 5.88 Å². The van der Waals surface area contributed by atoms with Crippen molar-refractivity contribution >= 4 is 16.6 Å². The number of ether oxygens (including phenoxy) is 1. The number of H-pyrrole nitrogens is 2. The van der Waals surface area contributed by atoms with E-state index in [1.807, 2.05) is 0 Å². The van der Waals surface area contributed by atoms with E-state index in [0.29, 0.717) is 0 Å². The Morgan fingerprint density at radius 2 is 2.00 bits per heavy atom. The van der Waals surface area contributed by atoms with Gasteiger partial charge in [-0.25, -0.2) is 0 Å². The van der Waals surface area contributed by atoms with Gasteiger partial charge in [0.2, 0.25) is 5.88 Å². The highest BCUT2D eigenvalue weighted by atomic mass is 16.5. The van der Waals surface area contributed by atoms with Gasteiger partial charge in [-0.05, 0) is 6.07 Å². The Balaban J connectivity index is 3.09. The highest BCUT2D eigenvalue weighted by Gasteiger charge is 2.11. The Morgan fingerprint density at radius 1 is 1.33 bits per heavy atom. The van der Waals surface area contributed by atoms with Gasteiger partial charge in [0.25, 0.3) is 11.1 Å². The molecule has 2 rings (SSSR count). The summed E-state index contributed by atoms with van der Waals surface area (Å²) < 4.78 is 4.88. The predicted octanol–water partition coefficient (Wildman–Crippen LogP) is -0.798. The minimum atomic E-state index is -0.478. The molecule has 78 valence electrons. The number of nitrogens with zero attached hydrogens (tertiary/aromatic N) is 1. The molecule has 0 amide bonds. The van der Waals surface area contributed by atoms with E-state index in [-0.39, 0.29) is 22.5 Å². The van der Waals surface area contributed by atoms with E-state index in [1.54, 1.807) is 0 Å². The molecule has 15 heavy (non-hydrogen) atoms. The zero-order chi connectivity index (χ0) is 11.0. The van der Waals surface area contributed by atoms with Crippen molar-refractivity contribution in [2.75, 3.05) is 12.8 Å². The molecule has 2 heterocycles. The fraction of sp³-hybridized carbons (Fsp3) is 0.125. The maximum atomic E-state index is 11.4. The van der Waals surface area contributed by atoms with E-state index < -0.39 is 11.1 Å². The zero-order valence-corrected chi connectivity index (χ0v) is 7.83. The summed E-state index contributed by atoms with van der Waals surface area (Å²) in [6.07, 6.45) is 0. The molecule has 0 saturated carbocycles. The number of aromatic nitrogens is 3. The van der Waals surface area contributed by atoms with Gasteiger partial charge in [0, 0.05) is 0 Å². The topological polar surface area (TPSA) is 114 Å². The number of fused-ring (bicyclic) bond motifs is 1. The average molecular weight is 208 g/mol. The van der Waals surface area contributed by atoms with Crippen LogP contribution in [0, 0.1) is 0 Å². The number of nitrogen functional groups attached to an aromatic ring is 1. The third-order valence-corrected chi connectivity index (χ3v) is 1.96. The minimum absolute atomic E-state index is 0.0392. The molecule has 0 radical (unpaired) electrons. The third kappa shape index (κ3) is 1.33. The quantitative estimate of drug-likeness (QED) is 0.567. The number of methoxy groups -OCH3 is 1. The lowest BCUT2D eigenvalue weighted by Crippen LogP contribution is -2.20. The molecule has 2 aromatic heterocycles. The summed E-state index contributed by atoms with van der Waals surface area (Å²) in [4.78, 5) is 26.6. The van der Waals surface area contributed by atoms with Crippen LogP contribution in [0.2, 0.25) is 0 Å². The van der Waals surface area contributed by atoms with Crippen molar-refractivity contribution in [2.24, 2.45) is 0 Å². The summed E-state index contributed by atoms with van der Waals surface area (Å²) in [5, 5.41) is 4.62. The first-order valence-electron chi connectivity index (χ1n) is 4.08. The summed E-state index contributed by atoms with van der Waals surface area (Å²) in [6.45, 7) is 0. The molecule has 0 atom stereocenters. The number of hydrogen-bond donors (Lipinski definition) is 3. The third-order valence-electron chi connectivity index (χ3n) is 1.96. The SMILES string of the molecule is COc1nc(N)cc2c(=O)[nH][nH]c(=O)c12. The van der Waals surface area contributed by atoms with Crippen LogP contribution in [0.1, 0.15) is 0 Å². The fourth-order valence-electron chi connectivity index (χ4n) is 1.33. The van der Waals surface area contributed by atoms with Gasteiger partial charge in [-0.3, -0.25) is 19.8 Å². The van der Waals surface area contributed by atoms with E-state index in [4.69, 9.17) is 10.5 Å². The molecular weight excluding hydrogens is 200 g/mol. The first-order chi connectivity index (χ1) is 7.13. The van der Waals surface area contributed by atoms with Gasteiger partial charge >= 0.3 is 0 Å². The Hall–Kier alpha value is -2.31. The number of hydrogen-bond acceptors (Lipinski definition) is 5. The van der Waals surface area contributed by atoms with Gasteiger partial charge in [-0.1, -0.05) is 0 Å². The largest absolute Gasteiger partial charge is 0.480 e. The Kier molecular flexibility index (Phi) is 1.93. The Labute approximate surface area is 82.9 Å². The van der Waals surface area contributed by atoms with Gasteiger partial charge in [-0.2, -0.15) is 4.98 Å². The predicted molar refractivity (Wildman–Crippen MR) is 53.9 cm³/mol. The normalized spacial score (nSPS) is 10.5. The van der Waals surface area contributed by atoms with Crippen LogP contribution in [-0.4, -0.2) is 22.3 Å². The first-order valence-corrected chi connectivity index (χ1v) is 4.08. The van der Waals surface area contributed by atoms with E-state index in [2.05, 4.69) is 15.2 Å². The molecule has 4 N–H and O–H groups in total. The molecule has 0 saturated heterocycles. The molecule has 0 bridgehead atoms. The number of aromatic amines is 2. The molecule has 0 aliphatic rings. The van der Waals surface area contributed by atoms with E-state index >= 15 is 0 Å². The van der Waals surface area contributed by atoms with Crippen molar-refractivity contribution in [1.82, 2.24) is 15.2 Å². The van der Waals surface area contributed by atoms with Crippen LogP contribution in [0.15, 0.2) is 15.7 Å². The zero-order valence-electron chi connectivity index (χ0n) is 7.83. The smallest absolute Gasteiger partial charge is 0.276 e. The average Bonchev–Trinajstić information content (AvgIpc) is 2.22. The number of nitrogens with two attached hydrogens (primary N) is 1. The van der Waals surface area contributed by atoms with Crippen LogP contribution < -0.4 is 21.6 Å². The van der Waals surface area contributed by atoms with Gasteiger partial charge in [-0.15, -0.1) is 0 Å². The molecule has 0 aromatic carbocycles. The van der Waals surface area contributed by atoms with Crippen molar-refractivity contribution in [2.45, 2.75) is 0 Å². The van der Waals surface area contributed by atoms with Crippen LogP contribution in [-0.2, 0) is 0 Å². The van der Waals surface area contributed by atoms with Crippen molar-refractivity contribution < 1.29 is 4.74 Å². The second-order valence-electron chi connectivity index (χ2n) is 2.89. The summed E-state index contributed by atoms with van der Waals surface area (Å²) >= 11 is 0. The number of pyridine rings is 1. The van der Waals surface area contributed by atoms with Crippen molar-refractivity contribution in [1.29, 1.82) is 0 Å². The molecule has 0 aliphatic carbocycles. The number of rotatable bonds is 1. The molecule has 7 nitrogen and oxygen atoms in total. The molecule has 7 heteroatoms. The molecule has 0 unspecified atom stereocenters. The summed E-state index contributed by atoms with van der Waals surface area (Å²) in [5.74, 6) is 0.160. The van der Waals surface area contributed by atoms with Crippen LogP contribution in [0.5, 0.6) is 5.88 Å². The first kappa shape index (κ1) is 9.25. The molecule has 0 aliphatic heterocycles. The van der Waals surface area contributed by atoms with Gasteiger partial charge in [0.15, 0.2) is 0 Å². The highest BCUT2D eigenvalue weighted by molar-refractivity contribution is 5.86. The lowest BCUT2D eigenvalue weighted by atomic mass is 10.2. The fourth-order valence-corrected chi connectivity index (χ4v) is 1.33. The maximum Gasteiger partial charge on any atom is 0.276 e. The van der Waals surface area contributed by atoms with Crippen LogP contribution in [0.3, 0.4) is 0 Å². The standard InChI is InChI=1S/C8H8N4O3/c1-15-8-5-3(2-4(9)10-8)6(13)11-12-7(5)14/h2H,1H3,(H2,9,10)(H,11,13)(H,12,14). The molecule has 0 fully saturated rings. The van der Waals surface area contributed by atoms with Gasteiger partial charge in [0.1, 0.15) is 11.2 Å². The maximum absolute atomic E-state index is 11.4. The lowest BCUT2D eigenvalue weighted by Gasteiger charge is -2.03. The summed E-state index contributed by atoms with van der Waals surface area (Å²) in [6, 6.07) is 1.33. The van der Waals surface area contributed by atoms with Crippen molar-refractivity contribution in [3.05, 3.63) is 26.8 Å². The number of nitrogens with one attached hydrogen (secondary N) is 2. The molecule has 0 spiro atoms. The minimum Gasteiger partial charge on any atom is -0.480 e. The summed E-state index contributed by atoms with van der Waals surface area (Å²) in [7, 11) is 1.35. The van der Waals surface area contributed by atoms with E-state index in [1.165, 1.54) is 13.2 Å². The Bertz CT molecular complexity index is 628. The van der Waals surface area contributed by atoms with Crippen molar-refractivity contribution in [3.63, 3.8) is 0 Å². The molecular formula is C8H8N4O3. The van der Waals surface area contributed by atoms with Gasteiger partial charge in [0.05, 0.1) is 12.5 Å². The second-order valence-corrected chi connectivity index (χ2v) is 2.89. The molecule has 2 aromatic rings. The number of anilines is 1. The Morgan fingerprint density at radius 3 is 2.67 bits per heavy atom. The van der Waals surface area contributed by atoms with Crippen LogP contribution >= 0.6 is 0 Å². The van der Waals surface area contributed by atoms with E-state index in [0.717, 1.165) is 0 Å². The monoisotopic (exact) mass is 208 g/mol. The van der Waals surface area contributed by atoms with E-state index in [9.17, 15) is 9.59 Å². The van der Waals surface area contributed by atoms with Gasteiger partial charge < -0.3 is 10.5 Å². The van der Waals surface area contributed by atoms with Crippen LogP contribution in [0.4, 0.5) is 5.82 Å².